The molecule has 0 saturated carbocycles. The van der Waals surface area contributed by atoms with E-state index in [-0.39, 0.29) is 17.5 Å². The number of rotatable bonds is 5. The average Bonchev–Trinajstić information content (AvgIpc) is 2.75. The molecule has 1 aliphatic rings. The second-order valence-corrected chi connectivity index (χ2v) is 5.60. The summed E-state index contributed by atoms with van der Waals surface area (Å²) in [7, 11) is 1.69. The Bertz CT molecular complexity index is 478. The van der Waals surface area contributed by atoms with Gasteiger partial charge in [-0.15, -0.1) is 0 Å². The highest BCUT2D eigenvalue weighted by Gasteiger charge is 2.30. The van der Waals surface area contributed by atoms with Crippen molar-refractivity contribution >= 4 is 5.69 Å². The number of nitrogens with zero attached hydrogens (tertiary/aromatic N) is 3. The van der Waals surface area contributed by atoms with Crippen LogP contribution >= 0.6 is 0 Å². The summed E-state index contributed by atoms with van der Waals surface area (Å²) in [5, 5.41) is 18.8. The second-order valence-electron chi connectivity index (χ2n) is 5.60. The fourth-order valence-electron chi connectivity index (χ4n) is 2.50. The van der Waals surface area contributed by atoms with E-state index in [0.717, 1.165) is 25.9 Å². The molecule has 20 heavy (non-hydrogen) atoms. The minimum atomic E-state index is -0.392. The van der Waals surface area contributed by atoms with Crippen LogP contribution in [0.1, 0.15) is 38.3 Å². The van der Waals surface area contributed by atoms with Crippen molar-refractivity contribution in [3.05, 3.63) is 15.8 Å². The Hall–Kier alpha value is -1.63. The van der Waals surface area contributed by atoms with Gasteiger partial charge in [0.15, 0.2) is 0 Å². The highest BCUT2D eigenvalue weighted by molar-refractivity contribution is 5.47. The van der Waals surface area contributed by atoms with Crippen LogP contribution in [0.3, 0.4) is 0 Å². The van der Waals surface area contributed by atoms with E-state index in [1.54, 1.807) is 7.05 Å². The molecule has 7 heteroatoms. The first-order chi connectivity index (χ1) is 9.50. The van der Waals surface area contributed by atoms with Crippen molar-refractivity contribution in [1.29, 1.82) is 0 Å². The molecule has 7 nitrogen and oxygen atoms in total. The summed E-state index contributed by atoms with van der Waals surface area (Å²) in [4.78, 5) is 10.9. The third-order valence-electron chi connectivity index (χ3n) is 3.58. The monoisotopic (exact) mass is 282 g/mol. The Labute approximate surface area is 118 Å². The van der Waals surface area contributed by atoms with E-state index < -0.39 is 4.92 Å². The van der Waals surface area contributed by atoms with Crippen LogP contribution in [0.25, 0.3) is 0 Å². The molecule has 112 valence electrons. The topological polar surface area (TPSA) is 82.2 Å². The first-order valence-electron chi connectivity index (χ1n) is 7.05. The molecule has 1 aliphatic heterocycles. The standard InChI is InChI=1S/C13H22N4O3/c1-9(2)11-12(17(18)19)13(16(3)15-11)20-8-10-5-4-6-14-7-10/h9-10,14H,4-8H2,1-3H3. The number of ether oxygens (including phenoxy) is 1. The summed E-state index contributed by atoms with van der Waals surface area (Å²) in [6.07, 6.45) is 2.22. The van der Waals surface area contributed by atoms with Gasteiger partial charge in [-0.1, -0.05) is 13.8 Å². The number of aryl methyl sites for hydroxylation is 1. The number of hydrogen-bond donors (Lipinski definition) is 1. The van der Waals surface area contributed by atoms with Crippen molar-refractivity contribution in [1.82, 2.24) is 15.1 Å². The van der Waals surface area contributed by atoms with Crippen molar-refractivity contribution in [2.24, 2.45) is 13.0 Å². The zero-order valence-electron chi connectivity index (χ0n) is 12.3. The molecule has 0 amide bonds. The van der Waals surface area contributed by atoms with Crippen LogP contribution < -0.4 is 10.1 Å². The van der Waals surface area contributed by atoms with Crippen LogP contribution in [0.4, 0.5) is 5.69 Å². The molecular formula is C13H22N4O3. The summed E-state index contributed by atoms with van der Waals surface area (Å²) in [5.74, 6) is 0.667. The average molecular weight is 282 g/mol. The maximum Gasteiger partial charge on any atom is 0.353 e. The Kier molecular flexibility index (Phi) is 4.59. The van der Waals surface area contributed by atoms with Crippen molar-refractivity contribution < 1.29 is 9.66 Å². The van der Waals surface area contributed by atoms with Crippen molar-refractivity contribution in [3.63, 3.8) is 0 Å². The molecule has 1 N–H and O–H groups in total. The number of nitrogens with one attached hydrogen (secondary N) is 1. The zero-order valence-corrected chi connectivity index (χ0v) is 12.3. The Morgan fingerprint density at radius 2 is 2.35 bits per heavy atom. The lowest BCUT2D eigenvalue weighted by molar-refractivity contribution is -0.386. The van der Waals surface area contributed by atoms with E-state index in [9.17, 15) is 10.1 Å². The lowest BCUT2D eigenvalue weighted by Gasteiger charge is -2.22. The van der Waals surface area contributed by atoms with Crippen molar-refractivity contribution in [3.8, 4) is 5.88 Å². The van der Waals surface area contributed by atoms with Gasteiger partial charge in [0.2, 0.25) is 0 Å². The SMILES string of the molecule is CC(C)c1nn(C)c(OCC2CCCNC2)c1[N+](=O)[O-]. The fourth-order valence-corrected chi connectivity index (χ4v) is 2.50. The van der Waals surface area contributed by atoms with E-state index in [2.05, 4.69) is 10.4 Å². The lowest BCUT2D eigenvalue weighted by Crippen LogP contribution is -2.33. The number of hydrogen-bond acceptors (Lipinski definition) is 5. The van der Waals surface area contributed by atoms with E-state index >= 15 is 0 Å². The molecule has 0 spiro atoms. The zero-order chi connectivity index (χ0) is 14.7. The van der Waals surface area contributed by atoms with Crippen molar-refractivity contribution in [2.75, 3.05) is 19.7 Å². The largest absolute Gasteiger partial charge is 0.473 e. The minimum Gasteiger partial charge on any atom is -0.473 e. The first kappa shape index (κ1) is 14.8. The maximum absolute atomic E-state index is 11.3. The van der Waals surface area contributed by atoms with Crippen LogP contribution in [-0.4, -0.2) is 34.4 Å². The van der Waals surface area contributed by atoms with Gasteiger partial charge in [0.05, 0.1) is 11.5 Å². The molecule has 0 bridgehead atoms. The van der Waals surface area contributed by atoms with E-state index in [0.29, 0.717) is 18.2 Å². The molecule has 1 aromatic rings. The fraction of sp³-hybridized carbons (Fsp3) is 0.769. The van der Waals surface area contributed by atoms with Gasteiger partial charge < -0.3 is 10.1 Å². The Balaban J connectivity index is 2.15. The molecular weight excluding hydrogens is 260 g/mol. The third kappa shape index (κ3) is 3.09. The third-order valence-corrected chi connectivity index (χ3v) is 3.58. The lowest BCUT2D eigenvalue weighted by atomic mass is 10.0. The summed E-state index contributed by atoms with van der Waals surface area (Å²) in [6, 6.07) is 0. The molecule has 0 radical (unpaired) electrons. The number of piperidine rings is 1. The van der Waals surface area contributed by atoms with Gasteiger partial charge in [-0.05, 0) is 19.4 Å². The molecule has 1 atom stereocenters. The van der Waals surface area contributed by atoms with E-state index in [1.807, 2.05) is 13.8 Å². The second kappa shape index (κ2) is 6.21. The summed E-state index contributed by atoms with van der Waals surface area (Å²) >= 11 is 0. The molecule has 1 aromatic heterocycles. The van der Waals surface area contributed by atoms with Crippen molar-refractivity contribution in [2.45, 2.75) is 32.6 Å². The van der Waals surface area contributed by atoms with Crippen LogP contribution in [-0.2, 0) is 7.05 Å². The van der Waals surface area contributed by atoms with Crippen LogP contribution in [0.5, 0.6) is 5.88 Å². The predicted octanol–water partition coefficient (Wildman–Crippen LogP) is 1.83. The van der Waals surface area contributed by atoms with Gasteiger partial charge in [0.1, 0.15) is 5.69 Å². The van der Waals surface area contributed by atoms with Gasteiger partial charge in [0.25, 0.3) is 5.88 Å². The summed E-state index contributed by atoms with van der Waals surface area (Å²) < 4.78 is 7.19. The van der Waals surface area contributed by atoms with Gasteiger partial charge >= 0.3 is 5.69 Å². The Morgan fingerprint density at radius 1 is 1.60 bits per heavy atom. The van der Waals surface area contributed by atoms with Crippen LogP contribution in [0, 0.1) is 16.0 Å². The van der Waals surface area contributed by atoms with Gasteiger partial charge in [0, 0.05) is 25.4 Å². The smallest absolute Gasteiger partial charge is 0.353 e. The highest BCUT2D eigenvalue weighted by atomic mass is 16.6. The molecule has 2 rings (SSSR count). The number of nitro groups is 1. The van der Waals surface area contributed by atoms with E-state index in [1.165, 1.54) is 4.68 Å². The maximum atomic E-state index is 11.3. The van der Waals surface area contributed by atoms with E-state index in [4.69, 9.17) is 4.74 Å². The highest BCUT2D eigenvalue weighted by Crippen LogP contribution is 2.34. The molecule has 1 saturated heterocycles. The predicted molar refractivity (Wildman–Crippen MR) is 75.0 cm³/mol. The van der Waals surface area contributed by atoms with Gasteiger partial charge in [-0.2, -0.15) is 5.10 Å². The first-order valence-corrected chi connectivity index (χ1v) is 7.05. The Morgan fingerprint density at radius 3 is 2.90 bits per heavy atom. The van der Waals surface area contributed by atoms with Crippen LogP contribution in [0.2, 0.25) is 0 Å². The molecule has 0 aromatic carbocycles. The molecule has 1 fully saturated rings. The van der Waals surface area contributed by atoms with Crippen LogP contribution in [0.15, 0.2) is 0 Å². The number of aromatic nitrogens is 2. The molecule has 2 heterocycles. The normalized spacial score (nSPS) is 19.3. The minimum absolute atomic E-state index is 0.00435. The van der Waals surface area contributed by atoms with Gasteiger partial charge in [-0.3, -0.25) is 10.1 Å². The summed E-state index contributed by atoms with van der Waals surface area (Å²) in [5.41, 5.74) is 0.487. The van der Waals surface area contributed by atoms with Gasteiger partial charge in [-0.25, -0.2) is 4.68 Å². The quantitative estimate of drug-likeness (QED) is 0.658. The molecule has 0 aliphatic carbocycles. The summed E-state index contributed by atoms with van der Waals surface area (Å²) in [6.45, 7) is 6.22. The molecule has 1 unspecified atom stereocenters.